The van der Waals surface area contributed by atoms with Crippen LogP contribution in [0.1, 0.15) is 39.7 Å². The second-order valence-electron chi connectivity index (χ2n) is 8.95. The molecule has 24 heavy (non-hydrogen) atoms. The molecule has 0 amide bonds. The molecule has 1 aromatic rings. The molecule has 1 saturated carbocycles. The highest BCUT2D eigenvalue weighted by molar-refractivity contribution is 6.74. The summed E-state index contributed by atoms with van der Waals surface area (Å²) in [6.07, 6.45) is 1.79. The highest BCUT2D eigenvalue weighted by Gasteiger charge is 2.66. The Labute approximate surface area is 143 Å². The molecule has 1 fully saturated rings. The van der Waals surface area contributed by atoms with Gasteiger partial charge in [0.25, 0.3) is 5.56 Å². The maximum Gasteiger partial charge on any atom is 0.328 e. The van der Waals surface area contributed by atoms with Gasteiger partial charge in [-0.3, -0.25) is 14.3 Å². The molecule has 1 heterocycles. The van der Waals surface area contributed by atoms with Crippen LogP contribution >= 0.6 is 0 Å². The Kier molecular flexibility index (Phi) is 4.51. The number of aromatic nitrogens is 2. The molecular formula is C17H29FN2O3Si. The summed E-state index contributed by atoms with van der Waals surface area (Å²) < 4.78 is 22.6. The molecule has 0 radical (unpaired) electrons. The van der Waals surface area contributed by atoms with Gasteiger partial charge < -0.3 is 4.43 Å². The maximum atomic E-state index is 15.2. The molecule has 0 saturated heterocycles. The minimum Gasteiger partial charge on any atom is -0.416 e. The van der Waals surface area contributed by atoms with E-state index in [0.717, 1.165) is 0 Å². The summed E-state index contributed by atoms with van der Waals surface area (Å²) in [6, 6.07) is 0. The van der Waals surface area contributed by atoms with Gasteiger partial charge in [-0.25, -0.2) is 9.18 Å². The van der Waals surface area contributed by atoms with Crippen LogP contribution in [0.3, 0.4) is 0 Å². The molecule has 136 valence electrons. The zero-order chi connectivity index (χ0) is 18.6. The van der Waals surface area contributed by atoms with E-state index in [-0.39, 0.29) is 11.6 Å². The van der Waals surface area contributed by atoms with Gasteiger partial charge in [0.2, 0.25) is 0 Å². The third-order valence-electron chi connectivity index (χ3n) is 5.79. The van der Waals surface area contributed by atoms with Crippen LogP contribution in [0.5, 0.6) is 0 Å². The number of nitrogens with one attached hydrogen (secondary N) is 1. The van der Waals surface area contributed by atoms with Crippen molar-refractivity contribution in [1.82, 2.24) is 9.55 Å². The van der Waals surface area contributed by atoms with E-state index in [0.29, 0.717) is 18.6 Å². The fourth-order valence-electron chi connectivity index (χ4n) is 2.56. The SMILES string of the molecule is Cc1cn(C[C@@]2(F)C[C@]2(C)CO[Si](C)(C)C(C)(C)C)c(=O)[nH]c1=O. The van der Waals surface area contributed by atoms with Crippen LogP contribution in [0.25, 0.3) is 0 Å². The number of aromatic amines is 1. The lowest BCUT2D eigenvalue weighted by Crippen LogP contribution is -2.43. The van der Waals surface area contributed by atoms with E-state index in [9.17, 15) is 9.59 Å². The van der Waals surface area contributed by atoms with Crippen molar-refractivity contribution in [2.75, 3.05) is 6.61 Å². The lowest BCUT2D eigenvalue weighted by atomic mass is 10.1. The molecule has 1 aliphatic carbocycles. The van der Waals surface area contributed by atoms with E-state index < -0.39 is 30.7 Å². The second kappa shape index (κ2) is 5.66. The summed E-state index contributed by atoms with van der Waals surface area (Å²) in [6.45, 7) is 14.5. The topological polar surface area (TPSA) is 64.1 Å². The number of alkyl halides is 1. The van der Waals surface area contributed by atoms with Gasteiger partial charge >= 0.3 is 5.69 Å². The molecule has 2 atom stereocenters. The van der Waals surface area contributed by atoms with Crippen molar-refractivity contribution in [3.8, 4) is 0 Å². The van der Waals surface area contributed by atoms with Crippen LogP contribution in [-0.2, 0) is 11.0 Å². The monoisotopic (exact) mass is 356 g/mol. The third kappa shape index (κ3) is 3.42. The molecule has 2 rings (SSSR count). The van der Waals surface area contributed by atoms with Crippen molar-refractivity contribution in [3.05, 3.63) is 32.6 Å². The fourth-order valence-corrected chi connectivity index (χ4v) is 3.68. The van der Waals surface area contributed by atoms with Crippen molar-refractivity contribution in [1.29, 1.82) is 0 Å². The molecule has 0 aliphatic heterocycles. The van der Waals surface area contributed by atoms with Gasteiger partial charge in [0, 0.05) is 23.8 Å². The summed E-state index contributed by atoms with van der Waals surface area (Å²) in [4.78, 5) is 25.5. The lowest BCUT2D eigenvalue weighted by Gasteiger charge is -2.37. The van der Waals surface area contributed by atoms with Crippen LogP contribution in [0.4, 0.5) is 4.39 Å². The molecular weight excluding hydrogens is 327 g/mol. The Balaban J connectivity index is 2.11. The number of aryl methyl sites for hydroxylation is 1. The van der Waals surface area contributed by atoms with E-state index in [1.54, 1.807) is 6.92 Å². The highest BCUT2D eigenvalue weighted by Crippen LogP contribution is 2.60. The minimum atomic E-state index is -1.94. The van der Waals surface area contributed by atoms with E-state index in [2.05, 4.69) is 38.8 Å². The van der Waals surface area contributed by atoms with Crippen LogP contribution < -0.4 is 11.2 Å². The normalized spacial score (nSPS) is 27.3. The molecule has 5 nitrogen and oxygen atoms in total. The molecule has 0 unspecified atom stereocenters. The molecule has 1 N–H and O–H groups in total. The van der Waals surface area contributed by atoms with E-state index in [4.69, 9.17) is 4.43 Å². The first-order chi connectivity index (χ1) is 10.7. The largest absolute Gasteiger partial charge is 0.416 e. The summed E-state index contributed by atoms with van der Waals surface area (Å²) in [7, 11) is -1.94. The first-order valence-electron chi connectivity index (χ1n) is 8.34. The van der Waals surface area contributed by atoms with Crippen LogP contribution in [-0.4, -0.2) is 30.1 Å². The van der Waals surface area contributed by atoms with Gasteiger partial charge in [-0.05, 0) is 31.5 Å². The van der Waals surface area contributed by atoms with Crippen LogP contribution in [0.15, 0.2) is 15.8 Å². The predicted octanol–water partition coefficient (Wildman–Crippen LogP) is 2.99. The minimum absolute atomic E-state index is 0.0547. The molecule has 0 aromatic carbocycles. The smallest absolute Gasteiger partial charge is 0.328 e. The van der Waals surface area contributed by atoms with Crippen LogP contribution in [0.2, 0.25) is 18.1 Å². The standard InChI is InChI=1S/C17H29FN2O3Si/c1-12-8-20(14(22)19-13(12)21)10-17(18)9-16(17,5)11-23-24(6,7)15(2,3)4/h8H,9-11H2,1-7H3,(H,19,21,22)/t16-,17+/m1/s1. The van der Waals surface area contributed by atoms with Gasteiger partial charge in [0.15, 0.2) is 8.32 Å². The van der Waals surface area contributed by atoms with Gasteiger partial charge in [-0.1, -0.05) is 27.7 Å². The Hall–Kier alpha value is -1.21. The zero-order valence-electron chi connectivity index (χ0n) is 15.7. The van der Waals surface area contributed by atoms with Crippen molar-refractivity contribution in [2.24, 2.45) is 5.41 Å². The Bertz CT molecular complexity index is 749. The van der Waals surface area contributed by atoms with Gasteiger partial charge in [-0.2, -0.15) is 0 Å². The van der Waals surface area contributed by atoms with Crippen molar-refractivity contribution >= 4 is 8.32 Å². The van der Waals surface area contributed by atoms with E-state index in [1.165, 1.54) is 10.8 Å². The average Bonchev–Trinajstić information content (AvgIpc) is 2.95. The summed E-state index contributed by atoms with van der Waals surface area (Å²) in [5.41, 5.74) is -2.67. The van der Waals surface area contributed by atoms with Crippen molar-refractivity contribution in [3.63, 3.8) is 0 Å². The molecule has 0 spiro atoms. The first kappa shape index (κ1) is 19.1. The quantitative estimate of drug-likeness (QED) is 0.825. The maximum absolute atomic E-state index is 15.2. The number of hydrogen-bond acceptors (Lipinski definition) is 3. The van der Waals surface area contributed by atoms with Gasteiger partial charge in [-0.15, -0.1) is 0 Å². The molecule has 7 heteroatoms. The highest BCUT2D eigenvalue weighted by atomic mass is 28.4. The molecule has 1 aromatic heterocycles. The Morgan fingerprint density at radius 1 is 1.38 bits per heavy atom. The number of nitrogens with zero attached hydrogens (tertiary/aromatic N) is 1. The molecule has 1 aliphatic rings. The van der Waals surface area contributed by atoms with Crippen LogP contribution in [0, 0.1) is 12.3 Å². The Morgan fingerprint density at radius 2 is 1.96 bits per heavy atom. The second-order valence-corrected chi connectivity index (χ2v) is 13.8. The summed E-state index contributed by atoms with van der Waals surface area (Å²) in [5.74, 6) is 0. The first-order valence-corrected chi connectivity index (χ1v) is 11.2. The zero-order valence-corrected chi connectivity index (χ0v) is 16.7. The van der Waals surface area contributed by atoms with Gasteiger partial charge in [0.1, 0.15) is 5.67 Å². The third-order valence-corrected chi connectivity index (χ3v) is 10.3. The van der Waals surface area contributed by atoms with Crippen molar-refractivity contribution in [2.45, 2.75) is 71.4 Å². The number of rotatable bonds is 5. The van der Waals surface area contributed by atoms with E-state index >= 15 is 4.39 Å². The van der Waals surface area contributed by atoms with E-state index in [1.807, 2.05) is 6.92 Å². The Morgan fingerprint density at radius 3 is 2.50 bits per heavy atom. The van der Waals surface area contributed by atoms with Gasteiger partial charge in [0.05, 0.1) is 6.54 Å². The summed E-state index contributed by atoms with van der Waals surface area (Å²) >= 11 is 0. The molecule has 0 bridgehead atoms. The number of H-pyrrole nitrogens is 1. The summed E-state index contributed by atoms with van der Waals surface area (Å²) in [5, 5.41) is 0.0736. The van der Waals surface area contributed by atoms with Crippen molar-refractivity contribution < 1.29 is 8.82 Å². The average molecular weight is 357 g/mol. The lowest BCUT2D eigenvalue weighted by molar-refractivity contribution is 0.140. The number of hydrogen-bond donors (Lipinski definition) is 1. The fraction of sp³-hybridized carbons (Fsp3) is 0.765. The number of halogens is 1. The predicted molar refractivity (Wildman–Crippen MR) is 95.8 cm³/mol.